The Morgan fingerprint density at radius 1 is 0.875 bits per heavy atom. The Morgan fingerprint density at radius 3 is 1.72 bits per heavy atom. The Morgan fingerprint density at radius 2 is 1.31 bits per heavy atom. The summed E-state index contributed by atoms with van der Waals surface area (Å²) in [5, 5.41) is 8.70. The average Bonchev–Trinajstić information content (AvgIpc) is 3.29. The van der Waals surface area contributed by atoms with Gasteiger partial charge in [-0.2, -0.15) is 0 Å². The fourth-order valence-electron chi connectivity index (χ4n) is 4.41. The molecule has 0 unspecified atom stereocenters. The highest BCUT2D eigenvalue weighted by Gasteiger charge is 2.53. The van der Waals surface area contributed by atoms with E-state index in [1.807, 2.05) is 40.7 Å². The number of Topliss-reactive ketones (excluding diaryl/α,β-unsaturated/α-hetero) is 1. The molecule has 8 atom stereocenters. The molecule has 4 aliphatic rings. The summed E-state index contributed by atoms with van der Waals surface area (Å²) in [7, 11) is 0. The van der Waals surface area contributed by atoms with Gasteiger partial charge in [0.15, 0.2) is 29.9 Å². The van der Waals surface area contributed by atoms with E-state index in [4.69, 9.17) is 33.5 Å². The van der Waals surface area contributed by atoms with Crippen LogP contribution in [-0.2, 0) is 33.2 Å². The van der Waals surface area contributed by atoms with Gasteiger partial charge in [-0.15, -0.1) is 6.58 Å². The molecule has 0 radical (unpaired) electrons. The van der Waals surface area contributed by atoms with Crippen LogP contribution in [0.3, 0.4) is 0 Å². The summed E-state index contributed by atoms with van der Waals surface area (Å²) in [5.74, 6) is -0.851. The molecule has 8 heteroatoms. The summed E-state index contributed by atoms with van der Waals surface area (Å²) in [6.07, 6.45) is 2.32. The van der Waals surface area contributed by atoms with E-state index >= 15 is 0 Å². The third kappa shape index (κ3) is 6.38. The quantitative estimate of drug-likeness (QED) is 0.620. The molecule has 0 aliphatic carbocycles. The molecule has 0 bridgehead atoms. The largest absolute Gasteiger partial charge is 0.389 e. The second-order valence-corrected chi connectivity index (χ2v) is 9.43. The van der Waals surface area contributed by atoms with E-state index in [0.29, 0.717) is 5.92 Å². The van der Waals surface area contributed by atoms with Gasteiger partial charge < -0.3 is 33.5 Å². The van der Waals surface area contributed by atoms with Gasteiger partial charge in [0.2, 0.25) is 0 Å². The number of carbonyl (C=O) groups excluding carboxylic acids is 1. The highest BCUT2D eigenvalue weighted by Crippen LogP contribution is 2.42. The first kappa shape index (κ1) is 29.2. The Labute approximate surface area is 193 Å². The monoisotopic (exact) mass is 460 g/mol. The van der Waals surface area contributed by atoms with Crippen molar-refractivity contribution in [3.63, 3.8) is 0 Å². The third-order valence-electron chi connectivity index (χ3n) is 6.01. The molecule has 0 saturated carbocycles. The van der Waals surface area contributed by atoms with E-state index in [0.717, 1.165) is 6.42 Å². The number of ether oxygens (including phenoxy) is 6. The van der Waals surface area contributed by atoms with Crippen LogP contribution in [0.15, 0.2) is 12.7 Å². The number of carbonyl (C=O) groups is 1. The lowest BCUT2D eigenvalue weighted by Crippen LogP contribution is -2.30. The number of hydrogen-bond acceptors (Lipinski definition) is 8. The predicted octanol–water partition coefficient (Wildman–Crippen LogP) is 3.80. The average molecular weight is 461 g/mol. The maximum Gasteiger partial charge on any atom is 0.187 e. The zero-order valence-corrected chi connectivity index (χ0v) is 18.8. The Bertz CT molecular complexity index is 633. The van der Waals surface area contributed by atoms with Crippen molar-refractivity contribution in [2.24, 2.45) is 11.8 Å². The second-order valence-electron chi connectivity index (χ2n) is 9.43. The van der Waals surface area contributed by atoms with Crippen molar-refractivity contribution in [1.29, 1.82) is 0 Å². The molecule has 32 heavy (non-hydrogen) atoms. The zero-order valence-electron chi connectivity index (χ0n) is 18.8. The van der Waals surface area contributed by atoms with Crippen molar-refractivity contribution in [3.05, 3.63) is 12.7 Å². The minimum absolute atomic E-state index is 0. The summed E-state index contributed by atoms with van der Waals surface area (Å²) in [6, 6.07) is 0. The van der Waals surface area contributed by atoms with Crippen LogP contribution >= 0.6 is 0 Å². The van der Waals surface area contributed by atoms with E-state index in [1.165, 1.54) is 0 Å². The minimum atomic E-state index is -0.616. The van der Waals surface area contributed by atoms with Gasteiger partial charge in [-0.1, -0.05) is 34.8 Å². The summed E-state index contributed by atoms with van der Waals surface area (Å²) in [6.45, 7) is 14.9. The number of ketones is 1. The molecule has 8 nitrogen and oxygen atoms in total. The molecule has 0 aromatic heterocycles. The summed E-state index contributed by atoms with van der Waals surface area (Å²) in [5.41, 5.74) is 0. The molecule has 0 spiro atoms. The standard InChI is InChI=1S/C11H18O5.C11H18O3.2CH4/c1-6-8(4-7(13)5-12)14-10-9(6)15-11(2,3)16-10;1-5-6-8-7(2)9-10(12-8)14-11(3,4)13-9;;/h6,8-10,12H,4-5H2,1-3H3;5,7-10H,1,6H2,2-4H3;2*1H4/t6-,8+,9+,10+;7-,8+,9+,10+;;/m00../s1. The van der Waals surface area contributed by atoms with Crippen LogP contribution in [0.25, 0.3) is 0 Å². The molecule has 4 aliphatic heterocycles. The van der Waals surface area contributed by atoms with Crippen LogP contribution in [0.4, 0.5) is 0 Å². The van der Waals surface area contributed by atoms with Crippen molar-refractivity contribution >= 4 is 5.78 Å². The maximum atomic E-state index is 11.1. The molecule has 1 N–H and O–H groups in total. The lowest BCUT2D eigenvalue weighted by atomic mass is 9.97. The molecule has 0 aromatic rings. The van der Waals surface area contributed by atoms with Crippen molar-refractivity contribution in [2.75, 3.05) is 6.61 Å². The molecule has 0 amide bonds. The molecule has 0 aromatic carbocycles. The van der Waals surface area contributed by atoms with Gasteiger partial charge in [-0.25, -0.2) is 0 Å². The molecule has 188 valence electrons. The molecular weight excluding hydrogens is 416 g/mol. The SMILES string of the molecule is C.C.C=CC[C@H]1O[C@@H]2OC(C)(C)O[C@@H]2[C@H]1C.C[C@@H]1[C@H]2OC(C)(C)O[C@H]2O[C@@H]1CC(=O)CO. The normalized spacial score (nSPS) is 40.2. The van der Waals surface area contributed by atoms with Crippen LogP contribution < -0.4 is 0 Å². The summed E-state index contributed by atoms with van der Waals surface area (Å²) in [4.78, 5) is 11.1. The van der Waals surface area contributed by atoms with Gasteiger partial charge in [-0.05, 0) is 34.1 Å². The second kappa shape index (κ2) is 11.0. The highest BCUT2D eigenvalue weighted by atomic mass is 16.8. The van der Waals surface area contributed by atoms with Crippen LogP contribution in [-0.4, -0.2) is 66.1 Å². The van der Waals surface area contributed by atoms with E-state index in [9.17, 15) is 4.79 Å². The Balaban J connectivity index is 0.000000303. The van der Waals surface area contributed by atoms with Gasteiger partial charge in [0, 0.05) is 18.3 Å². The highest BCUT2D eigenvalue weighted by molar-refractivity contribution is 5.79. The topological polar surface area (TPSA) is 92.7 Å². The minimum Gasteiger partial charge on any atom is -0.389 e. The van der Waals surface area contributed by atoms with Gasteiger partial charge >= 0.3 is 0 Å². The van der Waals surface area contributed by atoms with Gasteiger partial charge in [0.05, 0.1) is 12.2 Å². The predicted molar refractivity (Wildman–Crippen MR) is 121 cm³/mol. The van der Waals surface area contributed by atoms with Crippen molar-refractivity contribution in [3.8, 4) is 0 Å². The number of hydrogen-bond donors (Lipinski definition) is 1. The van der Waals surface area contributed by atoms with E-state index in [1.54, 1.807) is 0 Å². The number of fused-ring (bicyclic) bond motifs is 2. The molecule has 4 saturated heterocycles. The molecule has 4 heterocycles. The van der Waals surface area contributed by atoms with Crippen molar-refractivity contribution in [1.82, 2.24) is 0 Å². The lowest BCUT2D eigenvalue weighted by molar-refractivity contribution is -0.210. The first-order valence-electron chi connectivity index (χ1n) is 10.7. The Kier molecular flexibility index (Phi) is 10.1. The summed E-state index contributed by atoms with van der Waals surface area (Å²) >= 11 is 0. The zero-order chi connectivity index (χ0) is 22.3. The van der Waals surface area contributed by atoms with Crippen molar-refractivity contribution < 1.29 is 38.3 Å². The number of rotatable bonds is 5. The first-order valence-corrected chi connectivity index (χ1v) is 10.7. The van der Waals surface area contributed by atoms with Gasteiger partial charge in [0.25, 0.3) is 0 Å². The lowest BCUT2D eigenvalue weighted by Gasteiger charge is -2.23. The fraction of sp³-hybridized carbons (Fsp3) is 0.875. The van der Waals surface area contributed by atoms with Gasteiger partial charge in [0.1, 0.15) is 18.8 Å². The van der Waals surface area contributed by atoms with E-state index in [2.05, 4.69) is 13.5 Å². The van der Waals surface area contributed by atoms with E-state index < -0.39 is 18.2 Å². The van der Waals surface area contributed by atoms with Crippen LogP contribution in [0.5, 0.6) is 0 Å². The van der Waals surface area contributed by atoms with E-state index in [-0.39, 0.29) is 70.0 Å². The fourth-order valence-corrected chi connectivity index (χ4v) is 4.41. The maximum absolute atomic E-state index is 11.1. The number of aliphatic hydroxyl groups excluding tert-OH is 1. The van der Waals surface area contributed by atoms with Crippen molar-refractivity contribution in [2.45, 2.75) is 118 Å². The molecular formula is C24H44O8. The first-order chi connectivity index (χ1) is 14.0. The van der Waals surface area contributed by atoms with Crippen LogP contribution in [0.1, 0.15) is 69.2 Å². The molecule has 4 rings (SSSR count). The van der Waals surface area contributed by atoms with Crippen LogP contribution in [0, 0.1) is 11.8 Å². The van der Waals surface area contributed by atoms with Crippen LogP contribution in [0.2, 0.25) is 0 Å². The number of aliphatic hydroxyl groups is 1. The smallest absolute Gasteiger partial charge is 0.187 e. The summed E-state index contributed by atoms with van der Waals surface area (Å²) < 4.78 is 34.1. The molecule has 4 fully saturated rings. The Hall–Kier alpha value is -0.870. The van der Waals surface area contributed by atoms with Gasteiger partial charge in [-0.3, -0.25) is 4.79 Å². The third-order valence-corrected chi connectivity index (χ3v) is 6.01.